The lowest BCUT2D eigenvalue weighted by atomic mass is 10.2. The standard InChI is InChI=1S/C7H14Cl2O/c1-3-5-6(7(8)9)10-4-2/h6-7H,3-5H2,1-2H3. The molecule has 0 amide bonds. The molecule has 0 bridgehead atoms. The molecule has 0 N–H and O–H groups in total. The molecule has 0 aromatic rings. The number of alkyl halides is 2. The fourth-order valence-corrected chi connectivity index (χ4v) is 1.18. The minimum atomic E-state index is -0.389. The van der Waals surface area contributed by atoms with Crippen molar-refractivity contribution in [1.29, 1.82) is 0 Å². The Balaban J connectivity index is 3.50. The predicted octanol–water partition coefficient (Wildman–Crippen LogP) is 3.00. The summed E-state index contributed by atoms with van der Waals surface area (Å²) >= 11 is 11.3. The summed E-state index contributed by atoms with van der Waals surface area (Å²) in [7, 11) is 0. The van der Waals surface area contributed by atoms with Crippen LogP contribution in [-0.4, -0.2) is 17.5 Å². The molecule has 0 aromatic carbocycles. The zero-order valence-electron chi connectivity index (χ0n) is 6.44. The lowest BCUT2D eigenvalue weighted by Crippen LogP contribution is -2.20. The van der Waals surface area contributed by atoms with Gasteiger partial charge in [-0.3, -0.25) is 0 Å². The highest BCUT2D eigenvalue weighted by molar-refractivity contribution is 6.44. The Morgan fingerprint density at radius 1 is 1.30 bits per heavy atom. The van der Waals surface area contributed by atoms with Crippen LogP contribution >= 0.6 is 23.2 Å². The van der Waals surface area contributed by atoms with Crippen LogP contribution in [0.4, 0.5) is 0 Å². The molecule has 0 aromatic heterocycles. The minimum absolute atomic E-state index is 0.0123. The highest BCUT2D eigenvalue weighted by Gasteiger charge is 2.14. The van der Waals surface area contributed by atoms with E-state index in [1.165, 1.54) is 0 Å². The van der Waals surface area contributed by atoms with Crippen molar-refractivity contribution in [3.63, 3.8) is 0 Å². The van der Waals surface area contributed by atoms with Gasteiger partial charge < -0.3 is 4.74 Å². The van der Waals surface area contributed by atoms with Gasteiger partial charge in [0.1, 0.15) is 4.84 Å². The van der Waals surface area contributed by atoms with Gasteiger partial charge in [0.15, 0.2) is 0 Å². The molecule has 1 atom stereocenters. The van der Waals surface area contributed by atoms with Gasteiger partial charge in [0.25, 0.3) is 0 Å². The fourth-order valence-electron chi connectivity index (χ4n) is 0.781. The first-order valence-electron chi connectivity index (χ1n) is 3.62. The molecule has 1 unspecified atom stereocenters. The maximum absolute atomic E-state index is 5.64. The first kappa shape index (κ1) is 10.5. The molecule has 0 saturated heterocycles. The van der Waals surface area contributed by atoms with E-state index in [1.54, 1.807) is 0 Å². The van der Waals surface area contributed by atoms with Gasteiger partial charge in [0.2, 0.25) is 0 Å². The molecule has 0 aliphatic carbocycles. The van der Waals surface area contributed by atoms with E-state index in [4.69, 9.17) is 27.9 Å². The van der Waals surface area contributed by atoms with E-state index in [0.717, 1.165) is 12.8 Å². The molecule has 0 heterocycles. The number of rotatable bonds is 5. The van der Waals surface area contributed by atoms with Crippen LogP contribution in [0, 0.1) is 0 Å². The first-order chi connectivity index (χ1) is 4.72. The van der Waals surface area contributed by atoms with Gasteiger partial charge in [0, 0.05) is 6.61 Å². The van der Waals surface area contributed by atoms with Crippen LogP contribution in [0.5, 0.6) is 0 Å². The van der Waals surface area contributed by atoms with E-state index in [2.05, 4.69) is 6.92 Å². The zero-order valence-corrected chi connectivity index (χ0v) is 7.95. The van der Waals surface area contributed by atoms with Crippen molar-refractivity contribution in [2.45, 2.75) is 37.6 Å². The van der Waals surface area contributed by atoms with Crippen molar-refractivity contribution < 1.29 is 4.74 Å². The predicted molar refractivity (Wildman–Crippen MR) is 45.8 cm³/mol. The molecule has 0 rings (SSSR count). The maximum Gasteiger partial charge on any atom is 0.133 e. The Morgan fingerprint density at radius 2 is 1.90 bits per heavy atom. The quantitative estimate of drug-likeness (QED) is 0.598. The molecule has 1 nitrogen and oxygen atoms in total. The van der Waals surface area contributed by atoms with Crippen LogP contribution < -0.4 is 0 Å². The van der Waals surface area contributed by atoms with Gasteiger partial charge in [-0.2, -0.15) is 0 Å². The number of hydrogen-bond donors (Lipinski definition) is 0. The van der Waals surface area contributed by atoms with Crippen molar-refractivity contribution in [3.05, 3.63) is 0 Å². The summed E-state index contributed by atoms with van der Waals surface area (Å²) in [6.45, 7) is 4.71. The summed E-state index contributed by atoms with van der Waals surface area (Å²) in [6, 6.07) is 0. The molecule has 10 heavy (non-hydrogen) atoms. The third kappa shape index (κ3) is 4.37. The largest absolute Gasteiger partial charge is 0.376 e. The van der Waals surface area contributed by atoms with Crippen LogP contribution in [0.2, 0.25) is 0 Å². The summed E-state index contributed by atoms with van der Waals surface area (Å²) in [4.78, 5) is -0.389. The third-order valence-electron chi connectivity index (χ3n) is 1.23. The van der Waals surface area contributed by atoms with Gasteiger partial charge in [0.05, 0.1) is 6.10 Å². The summed E-state index contributed by atoms with van der Waals surface area (Å²) in [6.07, 6.45) is 2.00. The zero-order chi connectivity index (χ0) is 7.98. The van der Waals surface area contributed by atoms with E-state index < -0.39 is 0 Å². The van der Waals surface area contributed by atoms with E-state index >= 15 is 0 Å². The second-order valence-corrected chi connectivity index (χ2v) is 3.28. The van der Waals surface area contributed by atoms with Gasteiger partial charge in [-0.05, 0) is 13.3 Å². The topological polar surface area (TPSA) is 9.23 Å². The average Bonchev–Trinajstić information content (AvgIpc) is 1.87. The fraction of sp³-hybridized carbons (Fsp3) is 1.00. The molecule has 0 aliphatic heterocycles. The van der Waals surface area contributed by atoms with Crippen LogP contribution in [0.15, 0.2) is 0 Å². The summed E-state index contributed by atoms with van der Waals surface area (Å²) in [5.41, 5.74) is 0. The average molecular weight is 185 g/mol. The minimum Gasteiger partial charge on any atom is -0.376 e. The van der Waals surface area contributed by atoms with E-state index in [-0.39, 0.29) is 10.9 Å². The molecule has 0 aliphatic rings. The van der Waals surface area contributed by atoms with Gasteiger partial charge in [-0.15, -0.1) is 23.2 Å². The van der Waals surface area contributed by atoms with Gasteiger partial charge in [-0.25, -0.2) is 0 Å². The van der Waals surface area contributed by atoms with Crippen LogP contribution in [-0.2, 0) is 4.74 Å². The van der Waals surface area contributed by atoms with E-state index in [1.807, 2.05) is 6.92 Å². The van der Waals surface area contributed by atoms with Crippen molar-refractivity contribution in [1.82, 2.24) is 0 Å². The molecule has 3 heteroatoms. The van der Waals surface area contributed by atoms with E-state index in [9.17, 15) is 0 Å². The summed E-state index contributed by atoms with van der Waals surface area (Å²) in [5.74, 6) is 0. The van der Waals surface area contributed by atoms with Crippen LogP contribution in [0.1, 0.15) is 26.7 Å². The van der Waals surface area contributed by atoms with Crippen molar-refractivity contribution in [2.75, 3.05) is 6.61 Å². The summed E-state index contributed by atoms with van der Waals surface area (Å²) in [5, 5.41) is 0. The van der Waals surface area contributed by atoms with Crippen LogP contribution in [0.25, 0.3) is 0 Å². The maximum atomic E-state index is 5.64. The highest BCUT2D eigenvalue weighted by atomic mass is 35.5. The molecular formula is C7H14Cl2O. The normalized spacial score (nSPS) is 14.1. The Hall–Kier alpha value is 0.540. The van der Waals surface area contributed by atoms with Crippen LogP contribution in [0.3, 0.4) is 0 Å². The highest BCUT2D eigenvalue weighted by Crippen LogP contribution is 2.16. The smallest absolute Gasteiger partial charge is 0.133 e. The Morgan fingerprint density at radius 3 is 2.20 bits per heavy atom. The number of halogens is 2. The Labute approximate surface area is 72.6 Å². The Kier molecular flexibility index (Phi) is 6.60. The van der Waals surface area contributed by atoms with Gasteiger partial charge >= 0.3 is 0 Å². The Bertz CT molecular complexity index is 70.0. The molecular weight excluding hydrogens is 171 g/mol. The second kappa shape index (κ2) is 6.26. The first-order valence-corrected chi connectivity index (χ1v) is 4.49. The van der Waals surface area contributed by atoms with Crippen molar-refractivity contribution >= 4 is 23.2 Å². The second-order valence-electron chi connectivity index (χ2n) is 2.12. The molecule has 0 saturated carbocycles. The third-order valence-corrected chi connectivity index (χ3v) is 1.80. The SMILES string of the molecule is CCCC(OCC)C(Cl)Cl. The molecule has 0 spiro atoms. The lowest BCUT2D eigenvalue weighted by Gasteiger charge is -2.16. The van der Waals surface area contributed by atoms with Gasteiger partial charge in [-0.1, -0.05) is 13.3 Å². The van der Waals surface area contributed by atoms with Crippen molar-refractivity contribution in [2.24, 2.45) is 0 Å². The lowest BCUT2D eigenvalue weighted by molar-refractivity contribution is 0.0658. The monoisotopic (exact) mass is 184 g/mol. The molecule has 0 radical (unpaired) electrons. The van der Waals surface area contributed by atoms with E-state index in [0.29, 0.717) is 6.61 Å². The number of ether oxygens (including phenoxy) is 1. The number of hydrogen-bond acceptors (Lipinski definition) is 1. The summed E-state index contributed by atoms with van der Waals surface area (Å²) < 4.78 is 5.28. The van der Waals surface area contributed by atoms with Crippen molar-refractivity contribution in [3.8, 4) is 0 Å². The molecule has 0 fully saturated rings. The molecule has 62 valence electrons.